The molecule has 1 aliphatic rings. The van der Waals surface area contributed by atoms with E-state index in [1.165, 1.54) is 11.8 Å². The normalized spacial score (nSPS) is 15.5. The fraction of sp³-hybridized carbons (Fsp3) is 0.238. The molecule has 1 heterocycles. The van der Waals surface area contributed by atoms with E-state index in [0.29, 0.717) is 0 Å². The van der Waals surface area contributed by atoms with Crippen LogP contribution in [0.15, 0.2) is 59.6 Å². The van der Waals surface area contributed by atoms with Crippen LogP contribution in [0.4, 0.5) is 0 Å². The van der Waals surface area contributed by atoms with Gasteiger partial charge in [0.05, 0.1) is 12.5 Å². The summed E-state index contributed by atoms with van der Waals surface area (Å²) in [5.74, 6) is -0.415. The van der Waals surface area contributed by atoms with E-state index in [1.54, 1.807) is 22.9 Å². The van der Waals surface area contributed by atoms with Gasteiger partial charge < -0.3 is 9.64 Å². The van der Waals surface area contributed by atoms with Gasteiger partial charge in [-0.25, -0.2) is 0 Å². The number of nitrogens with zero attached hydrogens (tertiary/aromatic N) is 1. The third-order valence-corrected chi connectivity index (χ3v) is 5.13. The topological polar surface area (TPSA) is 46.6 Å². The van der Waals surface area contributed by atoms with Gasteiger partial charge in [-0.1, -0.05) is 36.4 Å². The number of amides is 1. The maximum atomic E-state index is 12.4. The first-order valence-corrected chi connectivity index (χ1v) is 9.65. The maximum Gasteiger partial charge on any atom is 0.308 e. The van der Waals surface area contributed by atoms with Crippen molar-refractivity contribution in [1.29, 1.82) is 0 Å². The van der Waals surface area contributed by atoms with Crippen molar-refractivity contribution in [3.63, 3.8) is 0 Å². The van der Waals surface area contributed by atoms with Crippen molar-refractivity contribution >= 4 is 29.7 Å². The van der Waals surface area contributed by atoms with Crippen molar-refractivity contribution in [1.82, 2.24) is 4.90 Å². The Morgan fingerprint density at radius 1 is 1.12 bits per heavy atom. The molecule has 0 saturated carbocycles. The van der Waals surface area contributed by atoms with Crippen LogP contribution in [0.2, 0.25) is 0 Å². The van der Waals surface area contributed by atoms with Crippen LogP contribution in [0.1, 0.15) is 36.1 Å². The predicted molar refractivity (Wildman–Crippen MR) is 103 cm³/mol. The number of fused-ring (bicyclic) bond motifs is 1. The lowest BCUT2D eigenvalue weighted by Gasteiger charge is -2.32. The Morgan fingerprint density at radius 3 is 2.54 bits per heavy atom. The van der Waals surface area contributed by atoms with Gasteiger partial charge in [-0.15, -0.1) is 11.8 Å². The van der Waals surface area contributed by atoms with Crippen molar-refractivity contribution in [3.05, 3.63) is 71.4 Å². The van der Waals surface area contributed by atoms with Crippen molar-refractivity contribution in [2.45, 2.75) is 30.9 Å². The Bertz CT molecular complexity index is 829. The number of hydrogen-bond acceptors (Lipinski definition) is 4. The highest BCUT2D eigenvalue weighted by Gasteiger charge is 2.28. The second kappa shape index (κ2) is 8.23. The van der Waals surface area contributed by atoms with Crippen LogP contribution in [-0.2, 0) is 20.9 Å². The van der Waals surface area contributed by atoms with Gasteiger partial charge in [0.2, 0.25) is 5.91 Å². The zero-order chi connectivity index (χ0) is 18.5. The standard InChI is InChI=1S/C21H21NO3S/c1-15(23)22-12-11-17-5-3-4-6-19(17)20(22)13-21(24)25-14-16-7-9-18(26-2)10-8-16/h3-12,20H,13-14H2,1-2H3/t20-/m0/s1. The fourth-order valence-electron chi connectivity index (χ4n) is 3.02. The number of thioether (sulfide) groups is 1. The van der Waals surface area contributed by atoms with Crippen LogP contribution in [0.5, 0.6) is 0 Å². The summed E-state index contributed by atoms with van der Waals surface area (Å²) >= 11 is 1.67. The Morgan fingerprint density at radius 2 is 1.85 bits per heavy atom. The molecule has 0 spiro atoms. The van der Waals surface area contributed by atoms with Crippen LogP contribution in [-0.4, -0.2) is 23.0 Å². The molecular formula is C21H21NO3S. The van der Waals surface area contributed by atoms with E-state index in [1.807, 2.05) is 60.9 Å². The van der Waals surface area contributed by atoms with Crippen LogP contribution >= 0.6 is 11.8 Å². The van der Waals surface area contributed by atoms with E-state index < -0.39 is 0 Å². The van der Waals surface area contributed by atoms with Gasteiger partial charge in [-0.05, 0) is 41.2 Å². The quantitative estimate of drug-likeness (QED) is 0.580. The highest BCUT2D eigenvalue weighted by Crippen LogP contribution is 2.33. The minimum absolute atomic E-state index is 0.0961. The van der Waals surface area contributed by atoms with Crippen LogP contribution in [0.3, 0.4) is 0 Å². The van der Waals surface area contributed by atoms with Crippen molar-refractivity contribution < 1.29 is 14.3 Å². The summed E-state index contributed by atoms with van der Waals surface area (Å²) in [6, 6.07) is 15.4. The molecule has 0 aliphatic carbocycles. The second-order valence-corrected chi connectivity index (χ2v) is 6.98. The van der Waals surface area contributed by atoms with Crippen LogP contribution in [0.25, 0.3) is 6.08 Å². The molecule has 0 saturated heterocycles. The van der Waals surface area contributed by atoms with Gasteiger partial charge in [0.15, 0.2) is 0 Å². The molecule has 1 amide bonds. The monoisotopic (exact) mass is 367 g/mol. The number of ether oxygens (including phenoxy) is 1. The predicted octanol–water partition coefficient (Wildman–Crippen LogP) is 4.42. The minimum atomic E-state index is -0.333. The first kappa shape index (κ1) is 18.3. The highest BCUT2D eigenvalue weighted by molar-refractivity contribution is 7.98. The Hall–Kier alpha value is -2.53. The summed E-state index contributed by atoms with van der Waals surface area (Å²) < 4.78 is 5.44. The number of carbonyl (C=O) groups excluding carboxylic acids is 2. The summed E-state index contributed by atoms with van der Waals surface area (Å²) in [7, 11) is 0. The Balaban J connectivity index is 1.68. The molecule has 4 nitrogen and oxygen atoms in total. The van der Waals surface area contributed by atoms with Gasteiger partial charge in [-0.3, -0.25) is 9.59 Å². The van der Waals surface area contributed by atoms with E-state index in [9.17, 15) is 9.59 Å². The first-order chi connectivity index (χ1) is 12.6. The summed E-state index contributed by atoms with van der Waals surface area (Å²) in [4.78, 5) is 27.1. The van der Waals surface area contributed by atoms with Crippen molar-refractivity contribution in [2.24, 2.45) is 0 Å². The summed E-state index contributed by atoms with van der Waals surface area (Å²) in [6.45, 7) is 1.74. The molecule has 26 heavy (non-hydrogen) atoms. The smallest absolute Gasteiger partial charge is 0.308 e. The SMILES string of the molecule is CSc1ccc(COC(=O)C[C@H]2c3ccccc3C=CN2C(C)=O)cc1. The lowest BCUT2D eigenvalue weighted by molar-refractivity contribution is -0.146. The number of esters is 1. The van der Waals surface area contributed by atoms with E-state index in [4.69, 9.17) is 4.74 Å². The second-order valence-electron chi connectivity index (χ2n) is 6.10. The van der Waals surface area contributed by atoms with Crippen LogP contribution < -0.4 is 0 Å². The highest BCUT2D eigenvalue weighted by atomic mass is 32.2. The molecular weight excluding hydrogens is 346 g/mol. The van der Waals surface area contributed by atoms with Crippen LogP contribution in [0, 0.1) is 0 Å². The molecule has 0 N–H and O–H groups in total. The lowest BCUT2D eigenvalue weighted by Crippen LogP contribution is -2.32. The largest absolute Gasteiger partial charge is 0.461 e. The Kier molecular flexibility index (Phi) is 5.78. The van der Waals surface area contributed by atoms with Crippen molar-refractivity contribution in [3.8, 4) is 0 Å². The number of rotatable bonds is 5. The van der Waals surface area contributed by atoms with E-state index in [-0.39, 0.29) is 30.9 Å². The molecule has 0 fully saturated rings. The zero-order valence-corrected chi connectivity index (χ0v) is 15.7. The Labute approximate surface area is 157 Å². The molecule has 3 rings (SSSR count). The molecule has 0 bridgehead atoms. The first-order valence-electron chi connectivity index (χ1n) is 8.43. The number of benzene rings is 2. The van der Waals surface area contributed by atoms with Gasteiger partial charge >= 0.3 is 5.97 Å². The molecule has 1 atom stereocenters. The van der Waals surface area contributed by atoms with Crippen molar-refractivity contribution in [2.75, 3.05) is 6.26 Å². The molecule has 0 aromatic heterocycles. The average Bonchev–Trinajstić information content (AvgIpc) is 2.66. The zero-order valence-electron chi connectivity index (χ0n) is 14.8. The molecule has 0 radical (unpaired) electrons. The van der Waals surface area contributed by atoms with E-state index in [2.05, 4.69) is 0 Å². The minimum Gasteiger partial charge on any atom is -0.461 e. The third-order valence-electron chi connectivity index (χ3n) is 4.39. The molecule has 0 unspecified atom stereocenters. The van der Waals surface area contributed by atoms with Gasteiger partial charge in [0.25, 0.3) is 0 Å². The molecule has 1 aliphatic heterocycles. The number of hydrogen-bond donors (Lipinski definition) is 0. The number of carbonyl (C=O) groups is 2. The maximum absolute atomic E-state index is 12.4. The summed E-state index contributed by atoms with van der Waals surface area (Å²) in [5, 5.41) is 0. The average molecular weight is 367 g/mol. The molecule has 2 aromatic carbocycles. The summed E-state index contributed by atoms with van der Waals surface area (Å²) in [5.41, 5.74) is 2.94. The fourth-order valence-corrected chi connectivity index (χ4v) is 3.42. The lowest BCUT2D eigenvalue weighted by atomic mass is 9.94. The van der Waals surface area contributed by atoms with E-state index in [0.717, 1.165) is 16.7 Å². The summed E-state index contributed by atoms with van der Waals surface area (Å²) in [6.07, 6.45) is 5.78. The van der Waals surface area contributed by atoms with Gasteiger partial charge in [0, 0.05) is 18.0 Å². The van der Waals surface area contributed by atoms with E-state index >= 15 is 0 Å². The molecule has 2 aromatic rings. The van der Waals surface area contributed by atoms with Gasteiger partial charge in [-0.2, -0.15) is 0 Å². The third kappa shape index (κ3) is 4.17. The molecule has 134 valence electrons. The van der Waals surface area contributed by atoms with Gasteiger partial charge in [0.1, 0.15) is 6.61 Å². The molecule has 5 heteroatoms.